The molecule has 0 aliphatic heterocycles. The van der Waals surface area contributed by atoms with Gasteiger partial charge >= 0.3 is 5.97 Å². The van der Waals surface area contributed by atoms with Crippen LogP contribution >= 0.6 is 0 Å². The van der Waals surface area contributed by atoms with Gasteiger partial charge in [0.2, 0.25) is 5.91 Å². The van der Waals surface area contributed by atoms with E-state index in [1.165, 1.54) is 6.08 Å². The van der Waals surface area contributed by atoms with Crippen LogP contribution in [0.4, 0.5) is 5.69 Å². The molecule has 0 saturated heterocycles. The smallest absolute Gasteiger partial charge is 0.338 e. The first-order valence-electron chi connectivity index (χ1n) is 7.95. The quantitative estimate of drug-likeness (QED) is 0.642. The summed E-state index contributed by atoms with van der Waals surface area (Å²) in [6, 6.07) is 12.4. The van der Waals surface area contributed by atoms with Crippen molar-refractivity contribution in [3.8, 4) is 5.75 Å². The van der Waals surface area contributed by atoms with Crippen LogP contribution in [-0.2, 0) is 9.53 Å². The molecule has 0 unspecified atom stereocenters. The predicted molar refractivity (Wildman–Crippen MR) is 97.8 cm³/mol. The van der Waals surface area contributed by atoms with Crippen molar-refractivity contribution < 1.29 is 19.1 Å². The first-order chi connectivity index (χ1) is 12.0. The van der Waals surface area contributed by atoms with E-state index in [1.54, 1.807) is 38.3 Å². The molecule has 5 heteroatoms. The van der Waals surface area contributed by atoms with Crippen LogP contribution in [0.1, 0.15) is 28.4 Å². The fourth-order valence-electron chi connectivity index (χ4n) is 2.29. The van der Waals surface area contributed by atoms with Gasteiger partial charge in [-0.3, -0.25) is 4.79 Å². The highest BCUT2D eigenvalue weighted by Gasteiger charge is 2.09. The third kappa shape index (κ3) is 4.94. The summed E-state index contributed by atoms with van der Waals surface area (Å²) in [5.74, 6) is 0.0546. The van der Waals surface area contributed by atoms with Crippen molar-refractivity contribution in [3.63, 3.8) is 0 Å². The highest BCUT2D eigenvalue weighted by Crippen LogP contribution is 2.20. The number of benzene rings is 2. The van der Waals surface area contributed by atoms with Gasteiger partial charge in [0.1, 0.15) is 5.75 Å². The third-order valence-electron chi connectivity index (χ3n) is 3.55. The maximum atomic E-state index is 12.1. The monoisotopic (exact) mass is 339 g/mol. The third-order valence-corrected chi connectivity index (χ3v) is 3.55. The van der Waals surface area contributed by atoms with Gasteiger partial charge in [0, 0.05) is 17.3 Å². The summed E-state index contributed by atoms with van der Waals surface area (Å²) < 4.78 is 10.2. The molecule has 130 valence electrons. The van der Waals surface area contributed by atoms with Crippen LogP contribution in [0.3, 0.4) is 0 Å². The molecule has 0 atom stereocenters. The minimum atomic E-state index is -0.375. The van der Waals surface area contributed by atoms with Crippen molar-refractivity contribution in [1.29, 1.82) is 0 Å². The van der Waals surface area contributed by atoms with E-state index in [2.05, 4.69) is 5.32 Å². The number of aryl methyl sites for hydroxylation is 1. The molecule has 5 nitrogen and oxygen atoms in total. The van der Waals surface area contributed by atoms with Crippen molar-refractivity contribution in [2.45, 2.75) is 13.8 Å². The number of methoxy groups -OCH3 is 1. The molecule has 1 N–H and O–H groups in total. The zero-order chi connectivity index (χ0) is 18.2. The molecule has 1 amide bonds. The largest absolute Gasteiger partial charge is 0.496 e. The molecule has 0 fully saturated rings. The fourth-order valence-corrected chi connectivity index (χ4v) is 2.29. The number of amides is 1. The van der Waals surface area contributed by atoms with E-state index in [4.69, 9.17) is 9.47 Å². The van der Waals surface area contributed by atoms with Crippen LogP contribution in [0.2, 0.25) is 0 Å². The Kier molecular flexibility index (Phi) is 6.34. The molecule has 2 aromatic rings. The first kappa shape index (κ1) is 18.3. The SMILES string of the molecule is CCOC(=O)c1ccc(NC(=O)/C=C/c2ccccc2OC)c(C)c1. The van der Waals surface area contributed by atoms with E-state index in [-0.39, 0.29) is 11.9 Å². The van der Waals surface area contributed by atoms with Crippen molar-refractivity contribution >= 4 is 23.6 Å². The Labute approximate surface area is 147 Å². The van der Waals surface area contributed by atoms with Gasteiger partial charge in [0.05, 0.1) is 19.3 Å². The number of hydrogen-bond acceptors (Lipinski definition) is 4. The zero-order valence-electron chi connectivity index (χ0n) is 14.5. The predicted octanol–water partition coefficient (Wildman–Crippen LogP) is 3.83. The van der Waals surface area contributed by atoms with Crippen LogP contribution in [0, 0.1) is 6.92 Å². The summed E-state index contributed by atoms with van der Waals surface area (Å²) >= 11 is 0. The molecule has 2 aromatic carbocycles. The lowest BCUT2D eigenvalue weighted by molar-refractivity contribution is -0.111. The summed E-state index contributed by atoms with van der Waals surface area (Å²) in [6.45, 7) is 3.90. The van der Waals surface area contributed by atoms with E-state index in [0.717, 1.165) is 11.1 Å². The number of hydrogen-bond donors (Lipinski definition) is 1. The van der Waals surface area contributed by atoms with Crippen LogP contribution in [0.15, 0.2) is 48.5 Å². The van der Waals surface area contributed by atoms with Gasteiger partial charge in [0.15, 0.2) is 0 Å². The second-order valence-electron chi connectivity index (χ2n) is 5.31. The van der Waals surface area contributed by atoms with Gasteiger partial charge in [-0.15, -0.1) is 0 Å². The van der Waals surface area contributed by atoms with Crippen LogP contribution in [0.5, 0.6) is 5.75 Å². The molecule has 0 saturated carbocycles. The van der Waals surface area contributed by atoms with Gasteiger partial charge in [-0.1, -0.05) is 18.2 Å². The summed E-state index contributed by atoms with van der Waals surface area (Å²) in [6.07, 6.45) is 3.13. The molecule has 0 aromatic heterocycles. The van der Waals surface area contributed by atoms with E-state index in [9.17, 15) is 9.59 Å². The topological polar surface area (TPSA) is 64.6 Å². The number of carbonyl (C=O) groups excluding carboxylic acids is 2. The van der Waals surface area contributed by atoms with Gasteiger partial charge < -0.3 is 14.8 Å². The minimum absolute atomic E-state index is 0.266. The van der Waals surface area contributed by atoms with E-state index >= 15 is 0 Å². The Bertz CT molecular complexity index is 796. The number of para-hydroxylation sites is 1. The normalized spacial score (nSPS) is 10.5. The molecule has 0 radical (unpaired) electrons. The van der Waals surface area contributed by atoms with Crippen molar-refractivity contribution in [2.24, 2.45) is 0 Å². The van der Waals surface area contributed by atoms with Crippen LogP contribution in [-0.4, -0.2) is 25.6 Å². The minimum Gasteiger partial charge on any atom is -0.496 e. The Morgan fingerprint density at radius 1 is 1.16 bits per heavy atom. The number of rotatable bonds is 6. The van der Waals surface area contributed by atoms with Gasteiger partial charge in [-0.05, 0) is 49.8 Å². The van der Waals surface area contributed by atoms with Crippen molar-refractivity contribution in [3.05, 3.63) is 65.2 Å². The molecule has 2 rings (SSSR count). The van der Waals surface area contributed by atoms with Crippen molar-refractivity contribution in [2.75, 3.05) is 19.0 Å². The lowest BCUT2D eigenvalue weighted by Crippen LogP contribution is -2.10. The second kappa shape index (κ2) is 8.68. The number of nitrogens with one attached hydrogen (secondary N) is 1. The number of anilines is 1. The standard InChI is InChI=1S/C20H21NO4/c1-4-25-20(23)16-9-11-17(14(2)13-16)21-19(22)12-10-15-7-5-6-8-18(15)24-3/h5-13H,4H2,1-3H3,(H,21,22)/b12-10+. The maximum Gasteiger partial charge on any atom is 0.338 e. The highest BCUT2D eigenvalue weighted by atomic mass is 16.5. The average molecular weight is 339 g/mol. The summed E-state index contributed by atoms with van der Waals surface area (Å²) in [5, 5.41) is 2.80. The molecule has 0 spiro atoms. The van der Waals surface area contributed by atoms with E-state index < -0.39 is 0 Å². The van der Waals surface area contributed by atoms with E-state index in [1.807, 2.05) is 31.2 Å². The van der Waals surface area contributed by atoms with Gasteiger partial charge in [0.25, 0.3) is 0 Å². The number of ether oxygens (including phenoxy) is 2. The summed E-state index contributed by atoms with van der Waals surface area (Å²) in [7, 11) is 1.58. The Morgan fingerprint density at radius 2 is 1.92 bits per heavy atom. The van der Waals surface area contributed by atoms with E-state index in [0.29, 0.717) is 23.6 Å². The van der Waals surface area contributed by atoms with Crippen LogP contribution in [0.25, 0.3) is 6.08 Å². The lowest BCUT2D eigenvalue weighted by atomic mass is 10.1. The summed E-state index contributed by atoms with van der Waals surface area (Å²) in [4.78, 5) is 23.8. The molecule has 0 bridgehead atoms. The molecular weight excluding hydrogens is 318 g/mol. The van der Waals surface area contributed by atoms with Gasteiger partial charge in [-0.2, -0.15) is 0 Å². The van der Waals surface area contributed by atoms with Crippen LogP contribution < -0.4 is 10.1 Å². The highest BCUT2D eigenvalue weighted by molar-refractivity contribution is 6.03. The fraction of sp³-hybridized carbons (Fsp3) is 0.200. The summed E-state index contributed by atoms with van der Waals surface area (Å²) in [5.41, 5.74) is 2.70. The lowest BCUT2D eigenvalue weighted by Gasteiger charge is -2.09. The van der Waals surface area contributed by atoms with Gasteiger partial charge in [-0.25, -0.2) is 4.79 Å². The molecule has 0 aliphatic carbocycles. The number of esters is 1. The maximum absolute atomic E-state index is 12.1. The molecule has 0 heterocycles. The number of carbonyl (C=O) groups is 2. The molecule has 0 aliphatic rings. The zero-order valence-corrected chi connectivity index (χ0v) is 14.5. The average Bonchev–Trinajstić information content (AvgIpc) is 2.62. The molecular formula is C20H21NO4. The Morgan fingerprint density at radius 3 is 2.60 bits per heavy atom. The van der Waals surface area contributed by atoms with Crippen molar-refractivity contribution in [1.82, 2.24) is 0 Å². The molecule has 25 heavy (non-hydrogen) atoms. The second-order valence-corrected chi connectivity index (χ2v) is 5.31. The Hall–Kier alpha value is -3.08. The first-order valence-corrected chi connectivity index (χ1v) is 7.95. The Balaban J connectivity index is 2.07.